The molecular formula is C15H24N2O2S. The van der Waals surface area contributed by atoms with E-state index in [4.69, 9.17) is 5.73 Å². The average molecular weight is 296 g/mol. The molecule has 1 aliphatic carbocycles. The van der Waals surface area contributed by atoms with Crippen molar-refractivity contribution in [3.63, 3.8) is 0 Å². The lowest BCUT2D eigenvalue weighted by Crippen LogP contribution is -2.36. The highest BCUT2D eigenvalue weighted by atomic mass is 32.2. The van der Waals surface area contributed by atoms with Crippen LogP contribution in [0.1, 0.15) is 48.8 Å². The van der Waals surface area contributed by atoms with Crippen LogP contribution in [-0.2, 0) is 10.0 Å². The maximum absolute atomic E-state index is 12.6. The molecule has 5 heteroatoms. The van der Waals surface area contributed by atoms with Gasteiger partial charge in [-0.2, -0.15) is 0 Å². The molecule has 0 aromatic heterocycles. The zero-order valence-corrected chi connectivity index (χ0v) is 13.3. The molecule has 112 valence electrons. The molecule has 0 bridgehead atoms. The number of hydrogen-bond acceptors (Lipinski definition) is 3. The molecule has 0 saturated heterocycles. The Morgan fingerprint density at radius 2 is 1.70 bits per heavy atom. The van der Waals surface area contributed by atoms with Gasteiger partial charge < -0.3 is 5.73 Å². The van der Waals surface area contributed by atoms with Gasteiger partial charge in [-0.15, -0.1) is 0 Å². The summed E-state index contributed by atoms with van der Waals surface area (Å²) in [5.41, 5.74) is 8.91. The Morgan fingerprint density at radius 1 is 1.10 bits per heavy atom. The monoisotopic (exact) mass is 296 g/mol. The maximum Gasteiger partial charge on any atom is 0.241 e. The van der Waals surface area contributed by atoms with E-state index in [2.05, 4.69) is 4.72 Å². The minimum Gasteiger partial charge on any atom is -0.398 e. The molecule has 0 radical (unpaired) electrons. The first-order chi connectivity index (χ1) is 9.33. The number of rotatable bonds is 3. The number of hydrogen-bond donors (Lipinski definition) is 2. The summed E-state index contributed by atoms with van der Waals surface area (Å²) in [7, 11) is -3.49. The topological polar surface area (TPSA) is 72.2 Å². The van der Waals surface area contributed by atoms with Gasteiger partial charge in [-0.05, 0) is 50.3 Å². The van der Waals surface area contributed by atoms with Crippen molar-refractivity contribution >= 4 is 15.7 Å². The Labute approximate surface area is 121 Å². The molecule has 1 aliphatic rings. The third kappa shape index (κ3) is 2.99. The van der Waals surface area contributed by atoms with Crippen LogP contribution in [0.15, 0.2) is 11.0 Å². The molecule has 0 aliphatic heterocycles. The van der Waals surface area contributed by atoms with Crippen molar-refractivity contribution in [2.75, 3.05) is 5.73 Å². The first-order valence-corrected chi connectivity index (χ1v) is 8.70. The largest absolute Gasteiger partial charge is 0.398 e. The lowest BCUT2D eigenvalue weighted by atomic mass is 9.96. The van der Waals surface area contributed by atoms with Crippen LogP contribution in [0.4, 0.5) is 5.69 Å². The quantitative estimate of drug-likeness (QED) is 0.842. The zero-order chi connectivity index (χ0) is 14.9. The molecule has 0 amide bonds. The van der Waals surface area contributed by atoms with Gasteiger partial charge in [0.1, 0.15) is 0 Å². The Bertz CT molecular complexity index is 603. The molecule has 0 heterocycles. The summed E-state index contributed by atoms with van der Waals surface area (Å²) < 4.78 is 28.1. The predicted molar refractivity (Wildman–Crippen MR) is 82.3 cm³/mol. The van der Waals surface area contributed by atoms with Gasteiger partial charge in [-0.25, -0.2) is 13.1 Å². The first kappa shape index (κ1) is 15.3. The minimum atomic E-state index is -3.49. The third-order valence-corrected chi connectivity index (χ3v) is 5.97. The van der Waals surface area contributed by atoms with Gasteiger partial charge in [-0.1, -0.05) is 25.3 Å². The Hall–Kier alpha value is -1.07. The van der Waals surface area contributed by atoms with Gasteiger partial charge in [0, 0.05) is 11.7 Å². The molecule has 0 atom stereocenters. The van der Waals surface area contributed by atoms with Crippen LogP contribution in [0.3, 0.4) is 0 Å². The smallest absolute Gasteiger partial charge is 0.241 e. The number of benzene rings is 1. The Balaban J connectivity index is 2.36. The van der Waals surface area contributed by atoms with Crippen LogP contribution in [-0.4, -0.2) is 14.5 Å². The number of sulfonamides is 1. The maximum atomic E-state index is 12.6. The molecule has 4 nitrogen and oxygen atoms in total. The summed E-state index contributed by atoms with van der Waals surface area (Å²) in [6.45, 7) is 5.51. The Kier molecular flexibility index (Phi) is 4.39. The van der Waals surface area contributed by atoms with Crippen molar-refractivity contribution < 1.29 is 8.42 Å². The summed E-state index contributed by atoms with van der Waals surface area (Å²) >= 11 is 0. The van der Waals surface area contributed by atoms with Crippen molar-refractivity contribution in [1.82, 2.24) is 4.72 Å². The molecule has 1 aromatic carbocycles. The first-order valence-electron chi connectivity index (χ1n) is 7.21. The van der Waals surface area contributed by atoms with Gasteiger partial charge in [0.2, 0.25) is 10.0 Å². The third-order valence-electron chi connectivity index (χ3n) is 4.16. The highest BCUT2D eigenvalue weighted by Crippen LogP contribution is 2.29. The number of nitrogens with two attached hydrogens (primary N) is 1. The highest BCUT2D eigenvalue weighted by Gasteiger charge is 2.26. The second-order valence-electron chi connectivity index (χ2n) is 5.83. The average Bonchev–Trinajstić information content (AvgIpc) is 2.36. The van der Waals surface area contributed by atoms with Crippen LogP contribution in [0.25, 0.3) is 0 Å². The molecule has 0 spiro atoms. The molecule has 1 fully saturated rings. The molecule has 0 unspecified atom stereocenters. The van der Waals surface area contributed by atoms with Gasteiger partial charge in [-0.3, -0.25) is 0 Å². The highest BCUT2D eigenvalue weighted by molar-refractivity contribution is 7.89. The SMILES string of the molecule is Cc1cc(C)c(S(=O)(=O)NC2CCCCC2)c(C)c1N. The number of nitrogens with one attached hydrogen (secondary N) is 1. The standard InChI is InChI=1S/C15H24N2O2S/c1-10-9-11(2)15(12(3)14(10)16)20(18,19)17-13-7-5-4-6-8-13/h9,13,17H,4-8,16H2,1-3H3. The van der Waals surface area contributed by atoms with Gasteiger partial charge >= 0.3 is 0 Å². The van der Waals surface area contributed by atoms with E-state index in [0.717, 1.165) is 36.8 Å². The van der Waals surface area contributed by atoms with E-state index in [1.54, 1.807) is 6.92 Å². The van der Waals surface area contributed by atoms with Gasteiger partial charge in [0.05, 0.1) is 4.90 Å². The van der Waals surface area contributed by atoms with Gasteiger partial charge in [0.15, 0.2) is 0 Å². The lowest BCUT2D eigenvalue weighted by Gasteiger charge is -2.24. The second kappa shape index (κ2) is 5.74. The van der Waals surface area contributed by atoms with Crippen LogP contribution in [0.2, 0.25) is 0 Å². The van der Waals surface area contributed by atoms with E-state index in [-0.39, 0.29) is 6.04 Å². The lowest BCUT2D eigenvalue weighted by molar-refractivity contribution is 0.412. The van der Waals surface area contributed by atoms with E-state index in [0.29, 0.717) is 16.1 Å². The molecule has 1 aromatic rings. The van der Waals surface area contributed by atoms with Crippen LogP contribution >= 0.6 is 0 Å². The summed E-state index contributed by atoms with van der Waals surface area (Å²) in [5, 5.41) is 0. The number of aryl methyl sites for hydroxylation is 2. The fourth-order valence-corrected chi connectivity index (χ4v) is 4.88. The summed E-state index contributed by atoms with van der Waals surface area (Å²) in [6.07, 6.45) is 5.26. The fraction of sp³-hybridized carbons (Fsp3) is 0.600. The minimum absolute atomic E-state index is 0.0649. The van der Waals surface area contributed by atoms with Crippen molar-refractivity contribution in [2.45, 2.75) is 63.8 Å². The van der Waals surface area contributed by atoms with E-state index < -0.39 is 10.0 Å². The van der Waals surface area contributed by atoms with E-state index in [9.17, 15) is 8.42 Å². The van der Waals surface area contributed by atoms with E-state index in [1.165, 1.54) is 6.42 Å². The van der Waals surface area contributed by atoms with Crippen molar-refractivity contribution in [2.24, 2.45) is 0 Å². The summed E-state index contributed by atoms with van der Waals surface area (Å²) in [6, 6.07) is 1.91. The second-order valence-corrected chi connectivity index (χ2v) is 7.49. The van der Waals surface area contributed by atoms with Gasteiger partial charge in [0.25, 0.3) is 0 Å². The molecule has 1 saturated carbocycles. The van der Waals surface area contributed by atoms with Crippen molar-refractivity contribution in [3.05, 3.63) is 22.8 Å². The van der Waals surface area contributed by atoms with Crippen LogP contribution in [0.5, 0.6) is 0 Å². The molecule has 2 rings (SSSR count). The molecular weight excluding hydrogens is 272 g/mol. The van der Waals surface area contributed by atoms with E-state index in [1.807, 2.05) is 19.9 Å². The summed E-state index contributed by atoms with van der Waals surface area (Å²) in [5.74, 6) is 0. The predicted octanol–water partition coefficient (Wildman–Crippen LogP) is 2.81. The number of nitrogen functional groups attached to an aromatic ring is 1. The number of anilines is 1. The fourth-order valence-electron chi connectivity index (χ4n) is 3.09. The Morgan fingerprint density at radius 3 is 2.30 bits per heavy atom. The van der Waals surface area contributed by atoms with Crippen LogP contribution < -0.4 is 10.5 Å². The summed E-state index contributed by atoms with van der Waals surface area (Å²) in [4.78, 5) is 0.353. The van der Waals surface area contributed by atoms with E-state index >= 15 is 0 Å². The zero-order valence-electron chi connectivity index (χ0n) is 12.5. The molecule has 20 heavy (non-hydrogen) atoms. The van der Waals surface area contributed by atoms with Crippen LogP contribution in [0, 0.1) is 20.8 Å². The molecule has 3 N–H and O–H groups in total. The normalized spacial score (nSPS) is 17.4. The van der Waals surface area contributed by atoms with Crippen molar-refractivity contribution in [3.8, 4) is 0 Å². The van der Waals surface area contributed by atoms with Crippen molar-refractivity contribution in [1.29, 1.82) is 0 Å².